The molecule has 328 valence electrons. The van der Waals surface area contributed by atoms with Crippen molar-refractivity contribution >= 4 is 63.8 Å². The molecule has 18 heteroatoms. The van der Waals surface area contributed by atoms with E-state index in [1.54, 1.807) is 24.3 Å². The van der Waals surface area contributed by atoms with Crippen LogP contribution >= 0.6 is 0 Å². The van der Waals surface area contributed by atoms with Crippen molar-refractivity contribution in [2.24, 2.45) is 5.92 Å². The lowest BCUT2D eigenvalue weighted by Gasteiger charge is -2.58. The van der Waals surface area contributed by atoms with E-state index in [0.717, 1.165) is 74.5 Å². The first-order chi connectivity index (χ1) is 30.3. The Morgan fingerprint density at radius 3 is 2.27 bits per heavy atom. The van der Waals surface area contributed by atoms with Gasteiger partial charge in [-0.1, -0.05) is 12.1 Å². The maximum atomic E-state index is 14.1. The van der Waals surface area contributed by atoms with E-state index < -0.39 is 47.3 Å². The van der Waals surface area contributed by atoms with E-state index in [4.69, 9.17) is 4.74 Å². The number of piperidine rings is 3. The molecule has 4 aromatic rings. The molecular weight excluding hydrogens is 820 g/mol. The molecule has 0 spiro atoms. The van der Waals surface area contributed by atoms with Crippen molar-refractivity contribution in [1.29, 1.82) is 0 Å². The van der Waals surface area contributed by atoms with Gasteiger partial charge < -0.3 is 30.5 Å². The first kappa shape index (κ1) is 41.7. The molecule has 3 atom stereocenters. The largest absolute Gasteiger partial charge is 0.494 e. The molecular formula is C45H46F3N9O6. The number of methoxy groups -OCH3 is 1. The molecule has 10 rings (SSSR count). The number of imide groups is 2. The number of piperazine rings is 1. The fraction of sp³-hybridized carbons (Fsp3) is 0.378. The smallest absolute Gasteiger partial charge is 0.419 e. The highest BCUT2D eigenvalue weighted by atomic mass is 19.4. The highest BCUT2D eigenvalue weighted by Crippen LogP contribution is 2.41. The van der Waals surface area contributed by atoms with Crippen molar-refractivity contribution in [3.8, 4) is 5.75 Å². The van der Waals surface area contributed by atoms with Gasteiger partial charge in [-0.05, 0) is 74.1 Å². The summed E-state index contributed by atoms with van der Waals surface area (Å²) in [5.74, 6) is -1.34. The van der Waals surface area contributed by atoms with Crippen LogP contribution in [0.3, 0.4) is 0 Å². The molecule has 3 aromatic carbocycles. The maximum absolute atomic E-state index is 14.1. The van der Waals surface area contributed by atoms with Gasteiger partial charge in [0.25, 0.3) is 17.7 Å². The van der Waals surface area contributed by atoms with Gasteiger partial charge in [0.1, 0.15) is 17.6 Å². The molecule has 5 fully saturated rings. The van der Waals surface area contributed by atoms with Crippen LogP contribution in [0, 0.1) is 5.92 Å². The lowest BCUT2D eigenvalue weighted by atomic mass is 9.84. The standard InChI is InChI=1S/C45H46F3N9O6/c1-49-41(59)31-5-3-4-6-34(31)51-36-20-39(50-21-33(36)45(46,47)48)52-35-10-8-27(19-38(35)63-2)54-15-13-25(14-16-54)22-56-28-17-29(56)24-55(23-28)26-7-9-30-32(18-26)44(62)57(43(30)61)37-11-12-40(58)53-42(37)60/h3-10,18-21,25,28-29,37H,11-17,22-24H2,1-2H3,(H,49,59)(H2,50,51,52)(H,53,58,60). The van der Waals surface area contributed by atoms with Crippen LogP contribution in [0.25, 0.3) is 0 Å². The Labute approximate surface area is 360 Å². The lowest BCUT2D eigenvalue weighted by molar-refractivity contribution is -0.137. The number of fused-ring (bicyclic) bond motifs is 3. The van der Waals surface area contributed by atoms with Gasteiger partial charge in [0.2, 0.25) is 11.8 Å². The summed E-state index contributed by atoms with van der Waals surface area (Å²) in [7, 11) is 2.98. The van der Waals surface area contributed by atoms with E-state index in [-0.39, 0.29) is 46.7 Å². The van der Waals surface area contributed by atoms with Crippen LogP contribution in [0.2, 0.25) is 0 Å². The number of halogens is 3. The number of alkyl halides is 3. The maximum Gasteiger partial charge on any atom is 0.419 e. The van der Waals surface area contributed by atoms with Crippen LogP contribution in [0.1, 0.15) is 68.7 Å². The minimum absolute atomic E-state index is 0.0714. The van der Waals surface area contributed by atoms with Crippen LogP contribution in [0.15, 0.2) is 72.9 Å². The van der Waals surface area contributed by atoms with Gasteiger partial charge in [-0.3, -0.25) is 39.1 Å². The Morgan fingerprint density at radius 2 is 1.56 bits per heavy atom. The molecule has 3 unspecified atom stereocenters. The minimum atomic E-state index is -4.71. The summed E-state index contributed by atoms with van der Waals surface area (Å²) < 4.78 is 48.0. The van der Waals surface area contributed by atoms with Crippen molar-refractivity contribution < 1.29 is 41.9 Å². The first-order valence-corrected chi connectivity index (χ1v) is 21.0. The molecule has 0 aliphatic carbocycles. The SMILES string of the molecule is CNC(=O)c1ccccc1Nc1cc(Nc2ccc(N3CCC(CN4C5CC4CN(c4ccc6c(c4)C(=O)N(C4CCC(=O)NC4=O)C6=O)C5)CC3)cc2OC)ncc1C(F)(F)F. The number of anilines is 6. The van der Waals surface area contributed by atoms with Gasteiger partial charge in [-0.25, -0.2) is 4.98 Å². The van der Waals surface area contributed by atoms with Crippen LogP contribution in [-0.2, 0) is 15.8 Å². The minimum Gasteiger partial charge on any atom is -0.494 e. The predicted octanol–water partition coefficient (Wildman–Crippen LogP) is 5.54. The monoisotopic (exact) mass is 865 g/mol. The lowest BCUT2D eigenvalue weighted by Crippen LogP contribution is -2.69. The van der Waals surface area contributed by atoms with Crippen LogP contribution < -0.4 is 35.8 Å². The summed E-state index contributed by atoms with van der Waals surface area (Å²) in [5, 5.41) is 10.6. The Bertz CT molecular complexity index is 2500. The van der Waals surface area contributed by atoms with E-state index in [1.165, 1.54) is 32.4 Å². The van der Waals surface area contributed by atoms with Crippen molar-refractivity contribution in [1.82, 2.24) is 25.4 Å². The van der Waals surface area contributed by atoms with E-state index >= 15 is 0 Å². The second-order valence-corrected chi connectivity index (χ2v) is 16.6. The Morgan fingerprint density at radius 1 is 0.841 bits per heavy atom. The molecule has 15 nitrogen and oxygen atoms in total. The fourth-order valence-corrected chi connectivity index (χ4v) is 9.56. The molecule has 1 aromatic heterocycles. The second kappa shape index (κ2) is 16.5. The normalized spacial score (nSPS) is 21.5. The number of nitrogens with one attached hydrogen (secondary N) is 4. The number of nitrogens with zero attached hydrogens (tertiary/aromatic N) is 5. The molecule has 63 heavy (non-hydrogen) atoms. The zero-order chi connectivity index (χ0) is 44.2. The number of ether oxygens (including phenoxy) is 1. The number of pyridine rings is 1. The average molecular weight is 866 g/mol. The van der Waals surface area contributed by atoms with Gasteiger partial charge in [0.05, 0.1) is 46.4 Å². The molecule has 5 saturated heterocycles. The van der Waals surface area contributed by atoms with Crippen molar-refractivity contribution in [3.05, 3.63) is 95.2 Å². The van der Waals surface area contributed by atoms with E-state index in [9.17, 15) is 37.1 Å². The van der Waals surface area contributed by atoms with Gasteiger partial charge in [0.15, 0.2) is 0 Å². The van der Waals surface area contributed by atoms with Gasteiger partial charge in [-0.2, -0.15) is 13.2 Å². The average Bonchev–Trinajstić information content (AvgIpc) is 3.53. The molecule has 4 N–H and O–H groups in total. The van der Waals surface area contributed by atoms with E-state index in [2.05, 4.69) is 41.0 Å². The second-order valence-electron chi connectivity index (χ2n) is 16.6. The van der Waals surface area contributed by atoms with Crippen molar-refractivity contribution in [2.45, 2.75) is 56.4 Å². The Balaban J connectivity index is 0.801. The summed E-state index contributed by atoms with van der Waals surface area (Å²) in [6, 6.07) is 18.3. The number of aromatic nitrogens is 1. The third-order valence-corrected chi connectivity index (χ3v) is 12.9. The summed E-state index contributed by atoms with van der Waals surface area (Å²) in [6.45, 7) is 4.30. The number of para-hydroxylation sites is 1. The molecule has 0 saturated carbocycles. The number of carbonyl (C=O) groups excluding carboxylic acids is 5. The number of benzene rings is 3. The zero-order valence-electron chi connectivity index (χ0n) is 34.6. The zero-order valence-corrected chi connectivity index (χ0v) is 34.6. The van der Waals surface area contributed by atoms with Crippen molar-refractivity contribution in [3.63, 3.8) is 0 Å². The number of amides is 5. The van der Waals surface area contributed by atoms with Crippen LogP contribution in [0.5, 0.6) is 5.75 Å². The summed E-state index contributed by atoms with van der Waals surface area (Å²) in [4.78, 5) is 75.5. The molecule has 7 heterocycles. The Kier molecular flexibility index (Phi) is 10.9. The van der Waals surface area contributed by atoms with E-state index in [1.807, 2.05) is 24.3 Å². The highest BCUT2D eigenvalue weighted by Gasteiger charge is 2.47. The molecule has 6 aliphatic rings. The highest BCUT2D eigenvalue weighted by molar-refractivity contribution is 6.23. The molecule has 2 bridgehead atoms. The third kappa shape index (κ3) is 7.98. The third-order valence-electron chi connectivity index (χ3n) is 12.9. The quantitative estimate of drug-likeness (QED) is 0.139. The topological polar surface area (TPSA) is 169 Å². The van der Waals surface area contributed by atoms with Crippen molar-refractivity contribution in [2.75, 3.05) is 67.3 Å². The fourth-order valence-electron chi connectivity index (χ4n) is 9.56. The number of rotatable bonds is 11. The summed E-state index contributed by atoms with van der Waals surface area (Å²) in [6.07, 6.45) is -0.660. The van der Waals surface area contributed by atoms with E-state index in [0.29, 0.717) is 29.4 Å². The molecule has 5 amide bonds. The number of hydrogen-bond acceptors (Lipinski definition) is 12. The summed E-state index contributed by atoms with van der Waals surface area (Å²) >= 11 is 0. The predicted molar refractivity (Wildman–Crippen MR) is 228 cm³/mol. The number of hydrogen-bond donors (Lipinski definition) is 4. The molecule has 0 radical (unpaired) electrons. The van der Waals surface area contributed by atoms with Gasteiger partial charge in [0, 0.05) is 88.0 Å². The van der Waals surface area contributed by atoms with Gasteiger partial charge in [-0.15, -0.1) is 0 Å². The van der Waals surface area contributed by atoms with Crippen LogP contribution in [0.4, 0.5) is 47.4 Å². The van der Waals surface area contributed by atoms with Crippen LogP contribution in [-0.4, -0.2) is 109 Å². The molecule has 6 aliphatic heterocycles. The first-order valence-electron chi connectivity index (χ1n) is 21.0. The number of carbonyl (C=O) groups is 5. The summed E-state index contributed by atoms with van der Waals surface area (Å²) in [5.41, 5.74) is 2.06. The van der Waals surface area contributed by atoms with Gasteiger partial charge >= 0.3 is 6.18 Å². The Hall–Kier alpha value is -6.69.